The lowest BCUT2D eigenvalue weighted by Crippen LogP contribution is -2.62. The number of piperidine rings is 3. The maximum Gasteiger partial charge on any atom is 0.246 e. The number of nitrogens with zero attached hydrogens (tertiary/aromatic N) is 3. The van der Waals surface area contributed by atoms with E-state index in [1.165, 1.54) is 0 Å². The van der Waals surface area contributed by atoms with Gasteiger partial charge >= 0.3 is 0 Å². The lowest BCUT2D eigenvalue weighted by Gasteiger charge is -2.45. The Kier molecular flexibility index (Phi) is 11.8. The predicted octanol–water partition coefficient (Wildman–Crippen LogP) is 0.497. The third-order valence-electron chi connectivity index (χ3n) is 9.22. The Morgan fingerprint density at radius 2 is 1.63 bits per heavy atom. The van der Waals surface area contributed by atoms with Crippen LogP contribution in [0, 0.1) is 5.41 Å². The van der Waals surface area contributed by atoms with E-state index in [9.17, 15) is 19.2 Å². The van der Waals surface area contributed by atoms with E-state index in [2.05, 4.69) is 27.9 Å². The molecule has 4 saturated heterocycles. The molecule has 0 saturated carbocycles. The molecule has 0 radical (unpaired) electrons. The van der Waals surface area contributed by atoms with Gasteiger partial charge in [-0.05, 0) is 64.1 Å². The minimum absolute atomic E-state index is 0.0833. The lowest BCUT2D eigenvalue weighted by molar-refractivity contribution is -0.146. The molecule has 0 aromatic carbocycles. The number of carbonyl (C=O) groups excluding carboxylic acids is 4. The number of ether oxygens (including phenoxy) is 2. The van der Waals surface area contributed by atoms with Crippen molar-refractivity contribution in [1.29, 1.82) is 0 Å². The number of fused-ring (bicyclic) bond motifs is 1. The van der Waals surface area contributed by atoms with Crippen LogP contribution in [-0.2, 0) is 28.7 Å². The van der Waals surface area contributed by atoms with E-state index in [1.54, 1.807) is 4.90 Å². The van der Waals surface area contributed by atoms with Crippen LogP contribution in [0.4, 0.5) is 0 Å². The molecule has 4 heterocycles. The van der Waals surface area contributed by atoms with Crippen molar-refractivity contribution in [3.05, 3.63) is 0 Å². The van der Waals surface area contributed by atoms with Gasteiger partial charge in [-0.15, -0.1) is 0 Å². The van der Waals surface area contributed by atoms with Crippen LogP contribution < -0.4 is 16.0 Å². The van der Waals surface area contributed by atoms with Crippen molar-refractivity contribution >= 4 is 23.6 Å². The van der Waals surface area contributed by atoms with Gasteiger partial charge in [-0.25, -0.2) is 0 Å². The Labute approximate surface area is 256 Å². The topological polar surface area (TPSA) is 133 Å². The molecule has 0 aliphatic carbocycles. The average Bonchev–Trinajstić information content (AvgIpc) is 2.94. The Morgan fingerprint density at radius 3 is 2.33 bits per heavy atom. The van der Waals surface area contributed by atoms with Crippen molar-refractivity contribution in [1.82, 2.24) is 30.7 Å². The molecular formula is C31H54N6O6. The fourth-order valence-corrected chi connectivity index (χ4v) is 6.74. The highest BCUT2D eigenvalue weighted by molar-refractivity contribution is 5.89. The molecule has 2 atom stereocenters. The predicted molar refractivity (Wildman–Crippen MR) is 162 cm³/mol. The van der Waals surface area contributed by atoms with Crippen LogP contribution in [0.5, 0.6) is 0 Å². The Morgan fingerprint density at radius 1 is 0.953 bits per heavy atom. The Balaban J connectivity index is 1.48. The van der Waals surface area contributed by atoms with Gasteiger partial charge in [0.25, 0.3) is 0 Å². The van der Waals surface area contributed by atoms with Gasteiger partial charge in [0.1, 0.15) is 12.6 Å². The van der Waals surface area contributed by atoms with Gasteiger partial charge in [-0.2, -0.15) is 0 Å². The van der Waals surface area contributed by atoms with E-state index >= 15 is 0 Å². The van der Waals surface area contributed by atoms with E-state index in [0.717, 1.165) is 32.4 Å². The van der Waals surface area contributed by atoms with Crippen LogP contribution in [0.3, 0.4) is 0 Å². The zero-order chi connectivity index (χ0) is 31.0. The summed E-state index contributed by atoms with van der Waals surface area (Å²) in [6.07, 6.45) is 4.93. The first-order chi connectivity index (χ1) is 20.4. The van der Waals surface area contributed by atoms with Gasteiger partial charge in [-0.3, -0.25) is 19.2 Å². The SMILES string of the molecule is CN1CCC(N[C@@H]2CCN3C(=O)CC4(CCN(C(=O)CC(C)(C)C)CC4)NC(=O)COCCOCCNC(=O)[C@@H]3C2)CC1. The van der Waals surface area contributed by atoms with E-state index in [-0.39, 0.29) is 54.7 Å². The molecule has 12 heteroatoms. The van der Waals surface area contributed by atoms with Crippen molar-refractivity contribution in [2.24, 2.45) is 5.41 Å². The molecule has 0 bridgehead atoms. The van der Waals surface area contributed by atoms with Crippen LogP contribution in [-0.4, -0.2) is 135 Å². The maximum absolute atomic E-state index is 14.0. The molecule has 43 heavy (non-hydrogen) atoms. The number of hydrogen-bond donors (Lipinski definition) is 3. The highest BCUT2D eigenvalue weighted by Gasteiger charge is 2.43. The van der Waals surface area contributed by atoms with Gasteiger partial charge in [0.15, 0.2) is 0 Å². The van der Waals surface area contributed by atoms with Crippen molar-refractivity contribution in [2.75, 3.05) is 72.7 Å². The molecule has 3 N–H and O–H groups in total. The number of rotatable bonds is 3. The molecule has 0 aromatic rings. The summed E-state index contributed by atoms with van der Waals surface area (Å²) in [5.74, 6) is -0.509. The van der Waals surface area contributed by atoms with Gasteiger partial charge in [0, 0.05) is 44.7 Å². The molecule has 1 spiro atoms. The van der Waals surface area contributed by atoms with Crippen molar-refractivity contribution in [3.63, 3.8) is 0 Å². The van der Waals surface area contributed by atoms with Crippen molar-refractivity contribution in [3.8, 4) is 0 Å². The fourth-order valence-electron chi connectivity index (χ4n) is 6.74. The average molecular weight is 607 g/mol. The first-order valence-corrected chi connectivity index (χ1v) is 16.2. The summed E-state index contributed by atoms with van der Waals surface area (Å²) in [6, 6.07) is -0.0293. The van der Waals surface area contributed by atoms with Crippen molar-refractivity contribution in [2.45, 2.75) is 95.8 Å². The highest BCUT2D eigenvalue weighted by atomic mass is 16.5. The second kappa shape index (κ2) is 15.1. The summed E-state index contributed by atoms with van der Waals surface area (Å²) in [4.78, 5) is 59.4. The van der Waals surface area contributed by atoms with Crippen LogP contribution in [0.1, 0.15) is 72.1 Å². The standard InChI is InChI=1S/C31H54N6O6/c1-30(2,3)20-27(39)36-14-8-31(9-15-36)21-28(40)37-13-7-24(33-23-5-11-35(4)12-6-23)19-25(37)29(41)32-10-16-42-17-18-43-22-26(38)34-31/h23-25,33H,5-22H2,1-4H3,(H,32,41)(H,34,38)/t24-,25+/m1/s1. The van der Waals surface area contributed by atoms with Gasteiger partial charge in [-0.1, -0.05) is 20.8 Å². The van der Waals surface area contributed by atoms with Gasteiger partial charge in [0.05, 0.1) is 31.8 Å². The van der Waals surface area contributed by atoms with Crippen LogP contribution in [0.25, 0.3) is 0 Å². The summed E-state index contributed by atoms with van der Waals surface area (Å²) < 4.78 is 11.1. The molecular weight excluding hydrogens is 552 g/mol. The highest BCUT2D eigenvalue weighted by Crippen LogP contribution is 2.31. The summed E-state index contributed by atoms with van der Waals surface area (Å²) in [7, 11) is 2.14. The molecule has 4 fully saturated rings. The second-order valence-corrected chi connectivity index (χ2v) is 14.1. The summed E-state index contributed by atoms with van der Waals surface area (Å²) >= 11 is 0. The molecule has 244 valence electrons. The normalized spacial score (nSPS) is 27.9. The summed E-state index contributed by atoms with van der Waals surface area (Å²) in [6.45, 7) is 10.7. The zero-order valence-corrected chi connectivity index (χ0v) is 26.8. The first kappa shape index (κ1) is 33.6. The zero-order valence-electron chi connectivity index (χ0n) is 26.8. The molecule has 0 aromatic heterocycles. The summed E-state index contributed by atoms with van der Waals surface area (Å²) in [5, 5.41) is 9.88. The number of carbonyl (C=O) groups is 4. The minimum atomic E-state index is -0.812. The second-order valence-electron chi connectivity index (χ2n) is 14.1. The van der Waals surface area contributed by atoms with E-state index in [1.807, 2.05) is 25.7 Å². The Hall–Kier alpha value is -2.28. The van der Waals surface area contributed by atoms with Crippen LogP contribution in [0.2, 0.25) is 0 Å². The van der Waals surface area contributed by atoms with Gasteiger partial charge < -0.3 is 40.1 Å². The quantitative estimate of drug-likeness (QED) is 0.423. The molecule has 0 unspecified atom stereocenters. The van der Waals surface area contributed by atoms with E-state index in [4.69, 9.17) is 9.47 Å². The maximum atomic E-state index is 14.0. The molecule has 4 aliphatic heterocycles. The summed E-state index contributed by atoms with van der Waals surface area (Å²) in [5.41, 5.74) is -0.933. The van der Waals surface area contributed by atoms with E-state index in [0.29, 0.717) is 71.1 Å². The number of likely N-dealkylation sites (tertiary alicyclic amines) is 2. The monoisotopic (exact) mass is 606 g/mol. The van der Waals surface area contributed by atoms with Gasteiger partial charge in [0.2, 0.25) is 23.6 Å². The Bertz CT molecular complexity index is 970. The molecule has 4 amide bonds. The number of nitrogens with one attached hydrogen (secondary N) is 3. The largest absolute Gasteiger partial charge is 0.377 e. The number of amides is 4. The van der Waals surface area contributed by atoms with E-state index < -0.39 is 11.6 Å². The van der Waals surface area contributed by atoms with Crippen molar-refractivity contribution < 1.29 is 28.7 Å². The smallest absolute Gasteiger partial charge is 0.246 e. The molecule has 12 nitrogen and oxygen atoms in total. The van der Waals surface area contributed by atoms with Crippen LogP contribution in [0.15, 0.2) is 0 Å². The third kappa shape index (κ3) is 10.1. The third-order valence-corrected chi connectivity index (χ3v) is 9.22. The first-order valence-electron chi connectivity index (χ1n) is 16.2. The minimum Gasteiger partial charge on any atom is -0.377 e. The fraction of sp³-hybridized carbons (Fsp3) is 0.871. The molecule has 4 rings (SSSR count). The van der Waals surface area contributed by atoms with Crippen LogP contribution >= 0.6 is 0 Å². The molecule has 4 aliphatic rings. The lowest BCUT2D eigenvalue weighted by atomic mass is 9.82. The number of hydrogen-bond acceptors (Lipinski definition) is 8.